The van der Waals surface area contributed by atoms with Crippen LogP contribution in [0, 0.1) is 6.92 Å². The summed E-state index contributed by atoms with van der Waals surface area (Å²) in [5.41, 5.74) is 3.15. The fourth-order valence-corrected chi connectivity index (χ4v) is 6.34. The first-order chi connectivity index (χ1) is 19.4. The number of benzene rings is 2. The zero-order chi connectivity index (χ0) is 29.4. The molecule has 0 N–H and O–H groups in total. The highest BCUT2D eigenvalue weighted by Gasteiger charge is 2.35. The monoisotopic (exact) mass is 593 g/mol. The minimum Gasteiger partial charge on any atom is -0.444 e. The van der Waals surface area contributed by atoms with E-state index in [4.69, 9.17) is 21.4 Å². The maximum Gasteiger partial charge on any atom is 0.410 e. The minimum absolute atomic E-state index is 0.126. The fourth-order valence-electron chi connectivity index (χ4n) is 4.90. The van der Waals surface area contributed by atoms with Gasteiger partial charge in [-0.2, -0.15) is 17.6 Å². The van der Waals surface area contributed by atoms with Crippen molar-refractivity contribution in [3.63, 3.8) is 0 Å². The Balaban J connectivity index is 1.65. The molecule has 0 bridgehead atoms. The van der Waals surface area contributed by atoms with Crippen molar-refractivity contribution in [3.05, 3.63) is 83.4 Å². The number of likely N-dealkylation sites (tertiary alicyclic amines) is 1. The van der Waals surface area contributed by atoms with Gasteiger partial charge in [0.05, 0.1) is 27.5 Å². The molecule has 0 aliphatic carbocycles. The van der Waals surface area contributed by atoms with Crippen molar-refractivity contribution >= 4 is 27.7 Å². The van der Waals surface area contributed by atoms with E-state index in [9.17, 15) is 13.2 Å². The highest BCUT2D eigenvalue weighted by molar-refractivity contribution is 7.90. The van der Waals surface area contributed by atoms with Gasteiger partial charge in [0, 0.05) is 35.8 Å². The highest BCUT2D eigenvalue weighted by atomic mass is 35.5. The number of carbonyl (C=O) groups is 1. The van der Waals surface area contributed by atoms with E-state index in [0.29, 0.717) is 59.2 Å². The van der Waals surface area contributed by atoms with Gasteiger partial charge in [-0.15, -0.1) is 0 Å². The van der Waals surface area contributed by atoms with Crippen molar-refractivity contribution in [1.29, 1.82) is 0 Å². The molecule has 214 valence electrons. The molecule has 2 aromatic heterocycles. The second kappa shape index (κ2) is 11.3. The Labute approximate surface area is 245 Å². The average molecular weight is 594 g/mol. The van der Waals surface area contributed by atoms with Gasteiger partial charge < -0.3 is 9.64 Å². The number of hydrogen-bond donors (Lipinski definition) is 0. The summed E-state index contributed by atoms with van der Waals surface area (Å²) in [6.45, 7) is 8.33. The lowest BCUT2D eigenvalue weighted by Crippen LogP contribution is -2.41. The molecule has 11 heteroatoms. The average Bonchev–Trinajstić information content (AvgIpc) is 3.35. The normalized spacial score (nSPS) is 14.7. The van der Waals surface area contributed by atoms with Gasteiger partial charge in [-0.1, -0.05) is 41.4 Å². The second-order valence-corrected chi connectivity index (χ2v) is 13.3. The third-order valence-electron chi connectivity index (χ3n) is 6.92. The van der Waals surface area contributed by atoms with E-state index in [1.807, 2.05) is 27.7 Å². The van der Waals surface area contributed by atoms with Crippen LogP contribution in [0.25, 0.3) is 22.5 Å². The first-order valence-corrected chi connectivity index (χ1v) is 15.2. The molecule has 5 rings (SSSR count). The maximum absolute atomic E-state index is 14.1. The zero-order valence-corrected chi connectivity index (χ0v) is 25.0. The van der Waals surface area contributed by atoms with Gasteiger partial charge in [0.15, 0.2) is 0 Å². The summed E-state index contributed by atoms with van der Waals surface area (Å²) >= 11 is 6.20. The quantitative estimate of drug-likeness (QED) is 0.266. The lowest BCUT2D eigenvalue weighted by molar-refractivity contribution is 0.0204. The Morgan fingerprint density at radius 3 is 2.24 bits per heavy atom. The molecule has 0 atom stereocenters. The molecule has 9 nitrogen and oxygen atoms in total. The van der Waals surface area contributed by atoms with E-state index in [1.54, 1.807) is 65.7 Å². The van der Waals surface area contributed by atoms with Gasteiger partial charge in [-0.25, -0.2) is 14.8 Å². The van der Waals surface area contributed by atoms with Crippen LogP contribution in [0.1, 0.15) is 50.8 Å². The molecule has 41 heavy (non-hydrogen) atoms. The van der Waals surface area contributed by atoms with Gasteiger partial charge in [0.25, 0.3) is 10.0 Å². The maximum atomic E-state index is 14.1. The molecular weight excluding hydrogens is 562 g/mol. The van der Waals surface area contributed by atoms with E-state index in [0.717, 1.165) is 9.65 Å². The van der Waals surface area contributed by atoms with Crippen LogP contribution in [0.15, 0.2) is 72.0 Å². The topological polar surface area (TPSA) is 107 Å². The molecule has 3 heterocycles. The largest absolute Gasteiger partial charge is 0.444 e. The number of rotatable bonds is 5. The summed E-state index contributed by atoms with van der Waals surface area (Å²) in [6.07, 6.45) is 3.86. The van der Waals surface area contributed by atoms with Gasteiger partial charge in [-0.3, -0.25) is 0 Å². The van der Waals surface area contributed by atoms with Crippen LogP contribution in [0.4, 0.5) is 4.79 Å². The van der Waals surface area contributed by atoms with Gasteiger partial charge in [-0.05, 0) is 70.9 Å². The summed E-state index contributed by atoms with van der Waals surface area (Å²) in [7, 11) is -4.09. The van der Waals surface area contributed by atoms with Crippen LogP contribution in [-0.4, -0.2) is 57.3 Å². The molecule has 1 aliphatic rings. The Bertz CT molecular complexity index is 1640. The van der Waals surface area contributed by atoms with E-state index in [-0.39, 0.29) is 16.9 Å². The fraction of sp³-hybridized carbons (Fsp3) is 0.333. The van der Waals surface area contributed by atoms with E-state index >= 15 is 0 Å². The van der Waals surface area contributed by atoms with Crippen molar-refractivity contribution in [2.75, 3.05) is 13.1 Å². The lowest BCUT2D eigenvalue weighted by atomic mass is 9.89. The molecule has 1 saturated heterocycles. The first-order valence-electron chi connectivity index (χ1n) is 13.4. The molecule has 0 unspecified atom stereocenters. The number of nitrogens with zero attached hydrogens (tertiary/aromatic N) is 5. The zero-order valence-electron chi connectivity index (χ0n) is 23.4. The molecule has 1 fully saturated rings. The number of ether oxygens (including phenoxy) is 1. The van der Waals surface area contributed by atoms with Crippen molar-refractivity contribution < 1.29 is 17.9 Å². The van der Waals surface area contributed by atoms with Gasteiger partial charge in [0.1, 0.15) is 11.9 Å². The smallest absolute Gasteiger partial charge is 0.410 e. The summed E-state index contributed by atoms with van der Waals surface area (Å²) in [6, 6.07) is 15.4. The van der Waals surface area contributed by atoms with E-state index in [1.165, 1.54) is 6.33 Å². The van der Waals surface area contributed by atoms with Crippen LogP contribution in [0.2, 0.25) is 5.02 Å². The number of aromatic nitrogens is 4. The number of carbonyl (C=O) groups excluding carboxylic acids is 1. The Hall–Kier alpha value is -3.76. The van der Waals surface area contributed by atoms with Crippen LogP contribution in [0.5, 0.6) is 0 Å². The molecule has 0 radical (unpaired) electrons. The SMILES string of the molecule is Cc1ccc(S(=O)(=O)n2nc(C3CCN(C(=O)OC(C)(C)C)CC3)c(-c3ccncn3)c2-c2ccc(Cl)cc2)cc1. The summed E-state index contributed by atoms with van der Waals surface area (Å²) < 4.78 is 34.9. The van der Waals surface area contributed by atoms with Crippen LogP contribution in [-0.2, 0) is 14.8 Å². The molecule has 4 aromatic rings. The molecule has 1 amide bonds. The van der Waals surface area contributed by atoms with Crippen LogP contribution < -0.4 is 0 Å². The van der Waals surface area contributed by atoms with E-state index < -0.39 is 15.6 Å². The second-order valence-electron chi connectivity index (χ2n) is 11.1. The molecule has 0 spiro atoms. The predicted molar refractivity (Wildman–Crippen MR) is 157 cm³/mol. The minimum atomic E-state index is -4.09. The molecule has 0 saturated carbocycles. The highest BCUT2D eigenvalue weighted by Crippen LogP contribution is 2.42. The number of hydrogen-bond acceptors (Lipinski definition) is 7. The standard InChI is InChI=1S/C30H32ClN5O4S/c1-20-5-11-24(12-6-20)41(38,39)36-28(22-7-9-23(31)10-8-22)26(25-13-16-32-19-33-25)27(34-36)21-14-17-35(18-15-21)29(37)40-30(2,3)4/h5-13,16,19,21H,14-15,17-18H2,1-4H3. The van der Waals surface area contributed by atoms with Gasteiger partial charge >= 0.3 is 6.09 Å². The third kappa shape index (κ3) is 6.13. The van der Waals surface area contributed by atoms with Crippen molar-refractivity contribution in [2.24, 2.45) is 0 Å². The summed E-state index contributed by atoms with van der Waals surface area (Å²) in [5.74, 6) is -0.126. The summed E-state index contributed by atoms with van der Waals surface area (Å²) in [5, 5.41) is 5.34. The van der Waals surface area contributed by atoms with Crippen molar-refractivity contribution in [1.82, 2.24) is 24.1 Å². The molecule has 2 aromatic carbocycles. The van der Waals surface area contributed by atoms with E-state index in [2.05, 4.69) is 9.97 Å². The Morgan fingerprint density at radius 2 is 1.66 bits per heavy atom. The third-order valence-corrected chi connectivity index (χ3v) is 8.76. The number of halogens is 1. The van der Waals surface area contributed by atoms with Crippen molar-refractivity contribution in [3.8, 4) is 22.5 Å². The lowest BCUT2D eigenvalue weighted by Gasteiger charge is -2.33. The number of piperidine rings is 1. The van der Waals surface area contributed by atoms with Crippen LogP contribution in [0.3, 0.4) is 0 Å². The predicted octanol–water partition coefficient (Wildman–Crippen LogP) is 6.32. The van der Waals surface area contributed by atoms with Gasteiger partial charge in [0.2, 0.25) is 0 Å². The number of amides is 1. The van der Waals surface area contributed by atoms with Crippen molar-refractivity contribution in [2.45, 2.75) is 57.0 Å². The first kappa shape index (κ1) is 28.8. The Morgan fingerprint density at radius 1 is 1.00 bits per heavy atom. The number of aryl methyl sites for hydroxylation is 1. The summed E-state index contributed by atoms with van der Waals surface area (Å²) in [4.78, 5) is 23.1. The molecular formula is C30H32ClN5O4S. The van der Waals surface area contributed by atoms with Crippen LogP contribution >= 0.6 is 11.6 Å². The molecule has 1 aliphatic heterocycles. The Kier molecular flexibility index (Phi) is 7.89.